The van der Waals surface area contributed by atoms with Crippen molar-refractivity contribution < 1.29 is 4.79 Å². The zero-order valence-electron chi connectivity index (χ0n) is 17.0. The molecule has 1 N–H and O–H groups in total. The summed E-state index contributed by atoms with van der Waals surface area (Å²) in [6.07, 6.45) is 0. The molecule has 0 spiro atoms. The molecule has 7 heteroatoms. The van der Waals surface area contributed by atoms with E-state index in [9.17, 15) is 9.59 Å². The van der Waals surface area contributed by atoms with Gasteiger partial charge in [-0.2, -0.15) is 0 Å². The van der Waals surface area contributed by atoms with E-state index >= 15 is 0 Å². The van der Waals surface area contributed by atoms with Gasteiger partial charge >= 0.3 is 0 Å². The molecular weight excluding hydrogens is 468 g/mol. The summed E-state index contributed by atoms with van der Waals surface area (Å²) in [5.74, 6) is -0.0260. The summed E-state index contributed by atoms with van der Waals surface area (Å²) in [5, 5.41) is 1.11. The highest BCUT2D eigenvalue weighted by molar-refractivity contribution is 9.10. The maximum Gasteiger partial charge on any atom is 0.280 e. The molecule has 5 rings (SSSR count). The van der Waals surface area contributed by atoms with E-state index in [0.29, 0.717) is 38.9 Å². The maximum atomic E-state index is 13.4. The minimum absolute atomic E-state index is 0.344. The van der Waals surface area contributed by atoms with Gasteiger partial charge in [0, 0.05) is 15.4 Å². The van der Waals surface area contributed by atoms with Crippen LogP contribution in [-0.4, -0.2) is 20.6 Å². The molecule has 2 aromatic heterocycles. The number of carbonyl (C=O) groups excluding carboxylic acids is 1. The van der Waals surface area contributed by atoms with Gasteiger partial charge in [-0.3, -0.25) is 15.0 Å². The second kappa shape index (κ2) is 8.01. The third kappa shape index (κ3) is 3.56. The fourth-order valence-corrected chi connectivity index (χ4v) is 4.04. The van der Waals surface area contributed by atoms with Crippen molar-refractivity contribution in [1.29, 1.82) is 0 Å². The Morgan fingerprint density at radius 1 is 0.875 bits per heavy atom. The number of nitrogens with zero attached hydrogens (tertiary/aromatic N) is 3. The Hall–Kier alpha value is -3.84. The predicted octanol–water partition coefficient (Wildman–Crippen LogP) is 5.07. The molecule has 0 aliphatic rings. The van der Waals surface area contributed by atoms with Crippen LogP contribution in [0.15, 0.2) is 88.1 Å². The summed E-state index contributed by atoms with van der Waals surface area (Å²) in [7, 11) is 0. The van der Waals surface area contributed by atoms with E-state index in [1.54, 1.807) is 25.1 Å². The highest BCUT2D eigenvalue weighted by Crippen LogP contribution is 2.25. The molecule has 0 fully saturated rings. The summed E-state index contributed by atoms with van der Waals surface area (Å²) in [6.45, 7) is 1.68. The van der Waals surface area contributed by atoms with Crippen molar-refractivity contribution in [2.24, 2.45) is 0 Å². The van der Waals surface area contributed by atoms with E-state index in [1.165, 1.54) is 4.68 Å². The van der Waals surface area contributed by atoms with Gasteiger partial charge in [-0.05, 0) is 37.3 Å². The third-order valence-electron chi connectivity index (χ3n) is 5.24. The fourth-order valence-electron chi connectivity index (χ4n) is 3.68. The Labute approximate surface area is 191 Å². The van der Waals surface area contributed by atoms with Crippen LogP contribution in [0.25, 0.3) is 33.1 Å². The Bertz CT molecular complexity index is 1560. The van der Waals surface area contributed by atoms with Gasteiger partial charge in [0.15, 0.2) is 0 Å². The monoisotopic (exact) mass is 484 g/mol. The number of benzene rings is 3. The van der Waals surface area contributed by atoms with Gasteiger partial charge in [-0.1, -0.05) is 64.5 Å². The topological polar surface area (TPSA) is 76.9 Å². The molecule has 0 saturated carbocycles. The van der Waals surface area contributed by atoms with E-state index in [1.807, 2.05) is 60.7 Å². The van der Waals surface area contributed by atoms with Gasteiger partial charge in [0.05, 0.1) is 27.7 Å². The Morgan fingerprint density at radius 2 is 1.59 bits per heavy atom. The number of nitrogens with one attached hydrogen (secondary N) is 1. The molecule has 0 aliphatic carbocycles. The van der Waals surface area contributed by atoms with Crippen molar-refractivity contribution in [3.63, 3.8) is 0 Å². The number of carbonyl (C=O) groups is 1. The Kier molecular flexibility index (Phi) is 5.03. The molecule has 6 nitrogen and oxygen atoms in total. The molecule has 5 aromatic rings. The van der Waals surface area contributed by atoms with Crippen LogP contribution in [0.4, 0.5) is 0 Å². The number of para-hydroxylation sites is 1. The van der Waals surface area contributed by atoms with Crippen LogP contribution in [0, 0.1) is 6.92 Å². The molecule has 0 bridgehead atoms. The number of pyridine rings is 1. The number of aromatic nitrogens is 3. The van der Waals surface area contributed by atoms with Gasteiger partial charge in [-0.25, -0.2) is 14.6 Å². The lowest BCUT2D eigenvalue weighted by molar-refractivity contribution is 0.101. The second-order valence-corrected chi connectivity index (χ2v) is 8.26. The molecule has 156 valence electrons. The van der Waals surface area contributed by atoms with Crippen molar-refractivity contribution in [2.45, 2.75) is 6.92 Å². The van der Waals surface area contributed by atoms with Gasteiger partial charge in [0.1, 0.15) is 5.82 Å². The fraction of sp³-hybridized carbons (Fsp3) is 0.0400. The van der Waals surface area contributed by atoms with Crippen molar-refractivity contribution in [1.82, 2.24) is 14.6 Å². The number of rotatable bonds is 3. The van der Waals surface area contributed by atoms with Gasteiger partial charge in [0.2, 0.25) is 0 Å². The molecular formula is C25H17BrN4O2. The summed E-state index contributed by atoms with van der Waals surface area (Å²) in [5.41, 5.74) is 5.67. The Morgan fingerprint density at radius 3 is 2.41 bits per heavy atom. The number of amides is 1. The van der Waals surface area contributed by atoms with Gasteiger partial charge in [-0.15, -0.1) is 0 Å². The average molecular weight is 485 g/mol. The molecule has 1 amide bonds. The lowest BCUT2D eigenvalue weighted by Gasteiger charge is -2.14. The molecule has 0 radical (unpaired) electrons. The number of hydrogen-bond acceptors (Lipinski definition) is 4. The zero-order chi connectivity index (χ0) is 22.2. The minimum atomic E-state index is -0.415. The van der Waals surface area contributed by atoms with Crippen LogP contribution in [0.5, 0.6) is 0 Å². The first-order valence-electron chi connectivity index (χ1n) is 9.97. The number of halogens is 1. The van der Waals surface area contributed by atoms with Crippen LogP contribution in [-0.2, 0) is 0 Å². The van der Waals surface area contributed by atoms with Crippen LogP contribution in [0.1, 0.15) is 16.2 Å². The van der Waals surface area contributed by atoms with Crippen LogP contribution < -0.4 is 11.0 Å². The van der Waals surface area contributed by atoms with Crippen LogP contribution in [0.2, 0.25) is 0 Å². The molecule has 2 heterocycles. The molecule has 0 atom stereocenters. The van der Waals surface area contributed by atoms with E-state index in [4.69, 9.17) is 4.98 Å². The highest BCUT2D eigenvalue weighted by atomic mass is 79.9. The number of aryl methyl sites for hydroxylation is 1. The van der Waals surface area contributed by atoms with E-state index in [-0.39, 0.29) is 5.56 Å². The average Bonchev–Trinajstić information content (AvgIpc) is 2.82. The van der Waals surface area contributed by atoms with Gasteiger partial charge in [0.25, 0.3) is 11.5 Å². The standard InChI is InChI=1S/C25H17BrN4O2/c1-15-27-22-12-11-17(26)13-20(22)25(32)30(15)29-24(31)19-14-23(16-7-3-2-4-8-16)28-21-10-6-5-9-18(19)21/h2-14H,1H3,(H,29,31). The first kappa shape index (κ1) is 20.1. The molecule has 0 saturated heterocycles. The van der Waals surface area contributed by atoms with Crippen LogP contribution >= 0.6 is 15.9 Å². The van der Waals surface area contributed by atoms with E-state index < -0.39 is 5.91 Å². The summed E-state index contributed by atoms with van der Waals surface area (Å²) in [6, 6.07) is 24.1. The largest absolute Gasteiger partial charge is 0.280 e. The minimum Gasteiger partial charge on any atom is -0.267 e. The lowest BCUT2D eigenvalue weighted by Crippen LogP contribution is -2.35. The normalized spacial score (nSPS) is 11.1. The molecule has 32 heavy (non-hydrogen) atoms. The maximum absolute atomic E-state index is 13.4. The van der Waals surface area contributed by atoms with Crippen LogP contribution in [0.3, 0.4) is 0 Å². The first-order valence-corrected chi connectivity index (χ1v) is 10.8. The highest BCUT2D eigenvalue weighted by Gasteiger charge is 2.17. The smallest absolute Gasteiger partial charge is 0.267 e. The number of hydrogen-bond donors (Lipinski definition) is 1. The predicted molar refractivity (Wildman–Crippen MR) is 129 cm³/mol. The summed E-state index contributed by atoms with van der Waals surface area (Å²) < 4.78 is 1.95. The molecule has 0 aliphatic heterocycles. The van der Waals surface area contributed by atoms with Crippen molar-refractivity contribution in [2.75, 3.05) is 5.43 Å². The lowest BCUT2D eigenvalue weighted by atomic mass is 10.0. The second-order valence-electron chi connectivity index (χ2n) is 7.34. The Balaban J connectivity index is 1.64. The van der Waals surface area contributed by atoms with Crippen molar-refractivity contribution in [3.8, 4) is 11.3 Å². The summed E-state index contributed by atoms with van der Waals surface area (Å²) in [4.78, 5) is 35.7. The first-order chi connectivity index (χ1) is 15.5. The van der Waals surface area contributed by atoms with Crippen molar-refractivity contribution >= 4 is 43.6 Å². The van der Waals surface area contributed by atoms with Crippen molar-refractivity contribution in [3.05, 3.63) is 105 Å². The quantitative estimate of drug-likeness (QED) is 0.387. The van der Waals surface area contributed by atoms with Gasteiger partial charge < -0.3 is 0 Å². The SMILES string of the molecule is Cc1nc2ccc(Br)cc2c(=O)n1NC(=O)c1cc(-c2ccccc2)nc2ccccc12. The van der Waals surface area contributed by atoms with E-state index in [2.05, 4.69) is 26.3 Å². The van der Waals surface area contributed by atoms with E-state index in [0.717, 1.165) is 10.0 Å². The molecule has 3 aromatic carbocycles. The summed E-state index contributed by atoms with van der Waals surface area (Å²) >= 11 is 3.38. The number of fused-ring (bicyclic) bond motifs is 2. The zero-order valence-corrected chi connectivity index (χ0v) is 18.6. The third-order valence-corrected chi connectivity index (χ3v) is 5.73. The molecule has 0 unspecified atom stereocenters.